The normalized spacial score (nSPS) is 12.3. The molecule has 0 aliphatic rings. The number of ether oxygens (including phenoxy) is 2. The van der Waals surface area contributed by atoms with E-state index in [1.165, 1.54) is 31.2 Å². The minimum atomic E-state index is -4.72. The summed E-state index contributed by atoms with van der Waals surface area (Å²) in [5.41, 5.74) is -2.00. The van der Waals surface area contributed by atoms with Gasteiger partial charge in [0.15, 0.2) is 6.10 Å². The summed E-state index contributed by atoms with van der Waals surface area (Å²) in [5, 5.41) is 19.8. The zero-order chi connectivity index (χ0) is 19.5. The molecule has 1 unspecified atom stereocenters. The second-order valence-corrected chi connectivity index (χ2v) is 5.11. The van der Waals surface area contributed by atoms with Crippen molar-refractivity contribution in [3.63, 3.8) is 0 Å². The van der Waals surface area contributed by atoms with Crippen molar-refractivity contribution in [1.29, 1.82) is 0 Å². The lowest BCUT2D eigenvalue weighted by atomic mass is 10.2. The number of carbonyl (C=O) groups is 1. The first-order chi connectivity index (χ1) is 12.1. The van der Waals surface area contributed by atoms with E-state index in [0.29, 0.717) is 12.1 Å². The molecule has 0 heterocycles. The van der Waals surface area contributed by atoms with Gasteiger partial charge >= 0.3 is 17.8 Å². The second-order valence-electron chi connectivity index (χ2n) is 5.11. The number of hydrogen-bond acceptors (Lipinski definition) is 5. The van der Waals surface area contributed by atoms with Crippen LogP contribution in [0.1, 0.15) is 12.5 Å². The first kappa shape index (κ1) is 19.0. The van der Waals surface area contributed by atoms with E-state index < -0.39 is 34.4 Å². The average molecular weight is 371 g/mol. The molecule has 1 N–H and O–H groups in total. The predicted octanol–water partition coefficient (Wildman–Crippen LogP) is 4.26. The van der Waals surface area contributed by atoms with Crippen LogP contribution in [0.25, 0.3) is 0 Å². The van der Waals surface area contributed by atoms with Crippen molar-refractivity contribution in [2.45, 2.75) is 19.2 Å². The Balaban J connectivity index is 2.22. The van der Waals surface area contributed by atoms with Crippen LogP contribution in [-0.2, 0) is 11.0 Å². The number of alkyl halides is 3. The highest BCUT2D eigenvalue weighted by Gasteiger charge is 2.33. The average Bonchev–Trinajstić information content (AvgIpc) is 2.55. The molecule has 7 nitrogen and oxygen atoms in total. The van der Waals surface area contributed by atoms with Crippen molar-refractivity contribution in [3.05, 3.63) is 58.1 Å². The topological polar surface area (TPSA) is 98.9 Å². The third kappa shape index (κ3) is 4.62. The maximum absolute atomic E-state index is 12.7. The van der Waals surface area contributed by atoms with Crippen molar-refractivity contribution < 1.29 is 37.5 Å². The van der Waals surface area contributed by atoms with E-state index in [0.717, 1.165) is 6.07 Å². The molecule has 2 aromatic carbocycles. The molecule has 10 heteroatoms. The van der Waals surface area contributed by atoms with Crippen LogP contribution in [0.15, 0.2) is 42.5 Å². The van der Waals surface area contributed by atoms with Crippen molar-refractivity contribution in [3.8, 4) is 17.2 Å². The quantitative estimate of drug-likeness (QED) is 0.602. The summed E-state index contributed by atoms with van der Waals surface area (Å²) in [7, 11) is 0. The van der Waals surface area contributed by atoms with Crippen LogP contribution in [0.3, 0.4) is 0 Å². The van der Waals surface area contributed by atoms with Crippen LogP contribution < -0.4 is 9.47 Å². The van der Waals surface area contributed by atoms with Gasteiger partial charge < -0.3 is 14.6 Å². The molecule has 0 radical (unpaired) electrons. The Morgan fingerprint density at radius 3 is 2.23 bits per heavy atom. The van der Waals surface area contributed by atoms with Gasteiger partial charge in [-0.15, -0.1) is 0 Å². The lowest BCUT2D eigenvalue weighted by molar-refractivity contribution is -0.385. The summed E-state index contributed by atoms with van der Waals surface area (Å²) in [4.78, 5) is 20.8. The standard InChI is InChI=1S/C16H12F3NO6/c1-9(15(21)22)25-11-3-5-12(6-4-11)26-14-7-2-10(16(17,18)19)8-13(14)20(23)24/h2-9H,1H3,(H,21,22). The van der Waals surface area contributed by atoms with Gasteiger partial charge in [0.1, 0.15) is 11.5 Å². The number of nitro groups is 1. The van der Waals surface area contributed by atoms with E-state index in [2.05, 4.69) is 0 Å². The van der Waals surface area contributed by atoms with Crippen LogP contribution in [0, 0.1) is 10.1 Å². The first-order valence-electron chi connectivity index (χ1n) is 7.11. The summed E-state index contributed by atoms with van der Waals surface area (Å²) in [6.45, 7) is 1.33. The van der Waals surface area contributed by atoms with Crippen LogP contribution in [0.2, 0.25) is 0 Å². The third-order valence-electron chi connectivity index (χ3n) is 3.20. The van der Waals surface area contributed by atoms with Crippen LogP contribution in [-0.4, -0.2) is 22.1 Å². The van der Waals surface area contributed by atoms with Gasteiger partial charge in [0, 0.05) is 6.07 Å². The van der Waals surface area contributed by atoms with Gasteiger partial charge in [-0.05, 0) is 43.3 Å². The molecule has 0 fully saturated rings. The number of halogens is 3. The SMILES string of the molecule is CC(Oc1ccc(Oc2ccc(C(F)(F)F)cc2[N+](=O)[O-])cc1)C(=O)O. The fourth-order valence-electron chi connectivity index (χ4n) is 1.89. The molecular weight excluding hydrogens is 359 g/mol. The Morgan fingerprint density at radius 1 is 1.15 bits per heavy atom. The molecule has 0 spiro atoms. The van der Waals surface area contributed by atoms with E-state index >= 15 is 0 Å². The highest BCUT2D eigenvalue weighted by Crippen LogP contribution is 2.38. The maximum Gasteiger partial charge on any atom is 0.416 e. The van der Waals surface area contributed by atoms with Crippen molar-refractivity contribution in [2.75, 3.05) is 0 Å². The molecule has 0 bridgehead atoms. The Kier molecular flexibility index (Phi) is 5.34. The number of nitro benzene ring substituents is 1. The summed E-state index contributed by atoms with van der Waals surface area (Å²) < 4.78 is 48.4. The van der Waals surface area contributed by atoms with E-state index in [4.69, 9.17) is 14.6 Å². The lowest BCUT2D eigenvalue weighted by Crippen LogP contribution is -2.22. The van der Waals surface area contributed by atoms with Crippen molar-refractivity contribution in [1.82, 2.24) is 0 Å². The zero-order valence-corrected chi connectivity index (χ0v) is 13.2. The summed E-state index contributed by atoms with van der Waals surface area (Å²) in [6.07, 6.45) is -5.80. The molecule has 138 valence electrons. The number of nitrogens with zero attached hydrogens (tertiary/aromatic N) is 1. The van der Waals surface area contributed by atoms with Crippen LogP contribution in [0.5, 0.6) is 17.2 Å². The molecule has 0 amide bonds. The number of hydrogen-bond donors (Lipinski definition) is 1. The number of carboxylic acid groups (broad SMARTS) is 1. The first-order valence-corrected chi connectivity index (χ1v) is 7.11. The van der Waals surface area contributed by atoms with Crippen LogP contribution >= 0.6 is 0 Å². The Labute approximate surface area is 144 Å². The highest BCUT2D eigenvalue weighted by atomic mass is 19.4. The van der Waals surface area contributed by atoms with Crippen molar-refractivity contribution >= 4 is 11.7 Å². The number of benzene rings is 2. The number of carboxylic acids is 1. The lowest BCUT2D eigenvalue weighted by Gasteiger charge is -2.12. The van der Waals surface area contributed by atoms with Gasteiger partial charge in [-0.25, -0.2) is 4.79 Å². The fourth-order valence-corrected chi connectivity index (χ4v) is 1.89. The summed E-state index contributed by atoms with van der Waals surface area (Å²) >= 11 is 0. The van der Waals surface area contributed by atoms with E-state index in [1.807, 2.05) is 0 Å². The second kappa shape index (κ2) is 7.30. The third-order valence-corrected chi connectivity index (χ3v) is 3.20. The maximum atomic E-state index is 12.7. The largest absolute Gasteiger partial charge is 0.479 e. The van der Waals surface area contributed by atoms with Crippen LogP contribution in [0.4, 0.5) is 18.9 Å². The number of aliphatic carboxylic acids is 1. The minimum Gasteiger partial charge on any atom is -0.479 e. The molecule has 2 aromatic rings. The molecule has 1 atom stereocenters. The van der Waals surface area contributed by atoms with E-state index in [9.17, 15) is 28.1 Å². The zero-order valence-electron chi connectivity index (χ0n) is 13.2. The van der Waals surface area contributed by atoms with Gasteiger partial charge in [0.05, 0.1) is 10.5 Å². The molecule has 0 aliphatic heterocycles. The Hall–Kier alpha value is -3.30. The molecule has 0 aliphatic carbocycles. The fraction of sp³-hybridized carbons (Fsp3) is 0.188. The van der Waals surface area contributed by atoms with Gasteiger partial charge in [0.2, 0.25) is 5.75 Å². The highest BCUT2D eigenvalue weighted by molar-refractivity contribution is 5.72. The minimum absolute atomic E-state index is 0.100. The van der Waals surface area contributed by atoms with E-state index in [1.54, 1.807) is 0 Å². The van der Waals surface area contributed by atoms with E-state index in [-0.39, 0.29) is 17.2 Å². The molecule has 0 saturated carbocycles. The molecule has 0 saturated heterocycles. The van der Waals surface area contributed by atoms with Crippen molar-refractivity contribution in [2.24, 2.45) is 0 Å². The number of rotatable bonds is 6. The molecule has 26 heavy (non-hydrogen) atoms. The summed E-state index contributed by atoms with van der Waals surface area (Å²) in [5.74, 6) is -1.21. The van der Waals surface area contributed by atoms with Gasteiger partial charge in [-0.2, -0.15) is 13.2 Å². The smallest absolute Gasteiger partial charge is 0.416 e. The summed E-state index contributed by atoms with van der Waals surface area (Å²) in [6, 6.07) is 7.33. The molecule has 2 rings (SSSR count). The van der Waals surface area contributed by atoms with Gasteiger partial charge in [-0.1, -0.05) is 0 Å². The Morgan fingerprint density at radius 2 is 1.73 bits per heavy atom. The van der Waals surface area contributed by atoms with Gasteiger partial charge in [0.25, 0.3) is 0 Å². The predicted molar refractivity (Wildman–Crippen MR) is 82.3 cm³/mol. The van der Waals surface area contributed by atoms with Gasteiger partial charge in [-0.3, -0.25) is 10.1 Å². The monoisotopic (exact) mass is 371 g/mol. The Bertz CT molecular complexity index is 820. The molecule has 0 aromatic heterocycles. The molecular formula is C16H12F3NO6.